The number of aliphatic hydroxyl groups is 1. The fraction of sp³-hybridized carbons (Fsp3) is 0.100. The normalized spacial score (nSPS) is 10.5. The lowest BCUT2D eigenvalue weighted by Crippen LogP contribution is -2.08. The molecular weight excluding hydrogens is 166 g/mol. The molecule has 0 aliphatic rings. The summed E-state index contributed by atoms with van der Waals surface area (Å²) in [6, 6.07) is 9.06. The number of nitrogens with one attached hydrogen (secondary N) is 1. The molecule has 0 unspecified atom stereocenters. The van der Waals surface area contributed by atoms with Crippen LogP contribution in [0.25, 0.3) is 10.8 Å². The SMILES string of the molecule is O=c1[nH]c(CO)cc2ccccc12. The Balaban J connectivity index is 2.85. The summed E-state index contributed by atoms with van der Waals surface area (Å²) in [7, 11) is 0. The lowest BCUT2D eigenvalue weighted by molar-refractivity contribution is 0.277. The maximum absolute atomic E-state index is 11.4. The van der Waals surface area contributed by atoms with E-state index in [1.165, 1.54) is 0 Å². The third kappa shape index (κ3) is 1.34. The molecule has 13 heavy (non-hydrogen) atoms. The minimum absolute atomic E-state index is 0.139. The molecule has 0 bridgehead atoms. The number of benzene rings is 1. The van der Waals surface area contributed by atoms with Crippen molar-refractivity contribution >= 4 is 10.8 Å². The summed E-state index contributed by atoms with van der Waals surface area (Å²) in [6.07, 6.45) is 0. The van der Waals surface area contributed by atoms with Crippen LogP contribution in [0.1, 0.15) is 5.69 Å². The van der Waals surface area contributed by atoms with Crippen LogP contribution in [-0.2, 0) is 6.61 Å². The smallest absolute Gasteiger partial charge is 0.256 e. The van der Waals surface area contributed by atoms with Crippen LogP contribution in [0.15, 0.2) is 35.1 Å². The Kier molecular flexibility index (Phi) is 1.87. The first-order chi connectivity index (χ1) is 6.31. The topological polar surface area (TPSA) is 53.1 Å². The standard InChI is InChI=1S/C10H9NO2/c12-6-8-5-7-3-1-2-4-9(7)10(13)11-8/h1-5,12H,6H2,(H,11,13). The third-order valence-electron chi connectivity index (χ3n) is 1.98. The van der Waals surface area contributed by atoms with Crippen LogP contribution in [-0.4, -0.2) is 10.1 Å². The van der Waals surface area contributed by atoms with Crippen LogP contribution < -0.4 is 5.56 Å². The number of fused-ring (bicyclic) bond motifs is 1. The average Bonchev–Trinajstić information content (AvgIpc) is 2.18. The van der Waals surface area contributed by atoms with E-state index in [4.69, 9.17) is 5.11 Å². The van der Waals surface area contributed by atoms with Crippen molar-refractivity contribution in [2.24, 2.45) is 0 Å². The summed E-state index contributed by atoms with van der Waals surface area (Å²) in [5.41, 5.74) is 0.394. The summed E-state index contributed by atoms with van der Waals surface area (Å²) >= 11 is 0. The highest BCUT2D eigenvalue weighted by Gasteiger charge is 1.98. The molecule has 2 rings (SSSR count). The molecule has 0 saturated carbocycles. The molecule has 3 nitrogen and oxygen atoms in total. The predicted octanol–water partition coefficient (Wildman–Crippen LogP) is 1.02. The fourth-order valence-electron chi connectivity index (χ4n) is 1.35. The number of hydrogen-bond acceptors (Lipinski definition) is 2. The maximum Gasteiger partial charge on any atom is 0.256 e. The van der Waals surface area contributed by atoms with Crippen molar-refractivity contribution < 1.29 is 5.11 Å². The highest BCUT2D eigenvalue weighted by Crippen LogP contribution is 2.09. The summed E-state index contributed by atoms with van der Waals surface area (Å²) in [6.45, 7) is -0.139. The van der Waals surface area contributed by atoms with Gasteiger partial charge in [-0.1, -0.05) is 18.2 Å². The zero-order chi connectivity index (χ0) is 9.26. The molecule has 0 saturated heterocycles. The molecular formula is C10H9NO2. The van der Waals surface area contributed by atoms with Gasteiger partial charge in [-0.2, -0.15) is 0 Å². The van der Waals surface area contributed by atoms with E-state index in [1.807, 2.05) is 18.2 Å². The van der Waals surface area contributed by atoms with E-state index in [-0.39, 0.29) is 12.2 Å². The average molecular weight is 175 g/mol. The molecule has 1 heterocycles. The van der Waals surface area contributed by atoms with E-state index in [1.54, 1.807) is 12.1 Å². The summed E-state index contributed by atoms with van der Waals surface area (Å²) in [5, 5.41) is 10.4. The first-order valence-electron chi connectivity index (χ1n) is 4.03. The fourth-order valence-corrected chi connectivity index (χ4v) is 1.35. The van der Waals surface area contributed by atoms with Crippen LogP contribution in [0.5, 0.6) is 0 Å². The molecule has 0 spiro atoms. The molecule has 0 radical (unpaired) electrons. The summed E-state index contributed by atoms with van der Waals surface area (Å²) in [5.74, 6) is 0. The van der Waals surface area contributed by atoms with Crippen LogP contribution >= 0.6 is 0 Å². The van der Waals surface area contributed by atoms with Gasteiger partial charge in [-0.25, -0.2) is 0 Å². The van der Waals surface area contributed by atoms with E-state index < -0.39 is 0 Å². The highest BCUT2D eigenvalue weighted by atomic mass is 16.3. The largest absolute Gasteiger partial charge is 0.390 e. The first kappa shape index (κ1) is 8.01. The van der Waals surface area contributed by atoms with E-state index in [0.29, 0.717) is 11.1 Å². The van der Waals surface area contributed by atoms with Crippen molar-refractivity contribution in [1.29, 1.82) is 0 Å². The van der Waals surface area contributed by atoms with Gasteiger partial charge < -0.3 is 10.1 Å². The van der Waals surface area contributed by atoms with E-state index in [0.717, 1.165) is 5.39 Å². The Morgan fingerprint density at radius 3 is 2.85 bits per heavy atom. The molecule has 0 atom stereocenters. The van der Waals surface area contributed by atoms with Gasteiger partial charge in [-0.05, 0) is 17.5 Å². The molecule has 2 N–H and O–H groups in total. The van der Waals surface area contributed by atoms with Crippen molar-refractivity contribution in [2.75, 3.05) is 0 Å². The summed E-state index contributed by atoms with van der Waals surface area (Å²) in [4.78, 5) is 14.0. The van der Waals surface area contributed by atoms with Crippen molar-refractivity contribution in [2.45, 2.75) is 6.61 Å². The molecule has 2 aromatic rings. The lowest BCUT2D eigenvalue weighted by atomic mass is 10.1. The molecule has 0 aliphatic carbocycles. The van der Waals surface area contributed by atoms with Crippen molar-refractivity contribution in [3.8, 4) is 0 Å². The van der Waals surface area contributed by atoms with Gasteiger partial charge in [0.2, 0.25) is 0 Å². The van der Waals surface area contributed by atoms with Gasteiger partial charge in [0.25, 0.3) is 5.56 Å². The predicted molar refractivity (Wildman–Crippen MR) is 50.5 cm³/mol. The molecule has 66 valence electrons. The van der Waals surface area contributed by atoms with Crippen LogP contribution in [0.4, 0.5) is 0 Å². The molecule has 1 aromatic heterocycles. The second-order valence-electron chi connectivity index (χ2n) is 2.87. The zero-order valence-electron chi connectivity index (χ0n) is 6.95. The van der Waals surface area contributed by atoms with Crippen molar-refractivity contribution in [3.05, 3.63) is 46.4 Å². The number of rotatable bonds is 1. The zero-order valence-corrected chi connectivity index (χ0v) is 6.95. The van der Waals surface area contributed by atoms with E-state index >= 15 is 0 Å². The number of H-pyrrole nitrogens is 1. The van der Waals surface area contributed by atoms with Gasteiger partial charge in [0.05, 0.1) is 6.61 Å². The first-order valence-corrected chi connectivity index (χ1v) is 4.03. The minimum atomic E-state index is -0.151. The van der Waals surface area contributed by atoms with Crippen LogP contribution in [0, 0.1) is 0 Å². The molecule has 0 amide bonds. The van der Waals surface area contributed by atoms with Crippen molar-refractivity contribution in [3.63, 3.8) is 0 Å². The second kappa shape index (κ2) is 3.03. The van der Waals surface area contributed by atoms with Gasteiger partial charge >= 0.3 is 0 Å². The number of pyridine rings is 1. The van der Waals surface area contributed by atoms with Gasteiger partial charge in [-0.3, -0.25) is 4.79 Å². The molecule has 0 aliphatic heterocycles. The van der Waals surface area contributed by atoms with Crippen LogP contribution in [0.3, 0.4) is 0 Å². The van der Waals surface area contributed by atoms with Gasteiger partial charge in [0.1, 0.15) is 0 Å². The number of aromatic amines is 1. The monoisotopic (exact) mass is 175 g/mol. The second-order valence-corrected chi connectivity index (χ2v) is 2.87. The number of aliphatic hydroxyl groups excluding tert-OH is 1. The maximum atomic E-state index is 11.4. The highest BCUT2D eigenvalue weighted by molar-refractivity contribution is 5.81. The van der Waals surface area contributed by atoms with Crippen molar-refractivity contribution in [1.82, 2.24) is 4.98 Å². The van der Waals surface area contributed by atoms with E-state index in [2.05, 4.69) is 4.98 Å². The Bertz CT molecular complexity index is 487. The number of hydrogen-bond donors (Lipinski definition) is 2. The molecule has 0 fully saturated rings. The quantitative estimate of drug-likeness (QED) is 0.679. The number of aromatic nitrogens is 1. The van der Waals surface area contributed by atoms with Gasteiger partial charge in [0, 0.05) is 11.1 Å². The van der Waals surface area contributed by atoms with Gasteiger partial charge in [0.15, 0.2) is 0 Å². The molecule has 1 aromatic carbocycles. The third-order valence-corrected chi connectivity index (χ3v) is 1.98. The summed E-state index contributed by atoms with van der Waals surface area (Å²) < 4.78 is 0. The van der Waals surface area contributed by atoms with Crippen LogP contribution in [0.2, 0.25) is 0 Å². The Morgan fingerprint density at radius 2 is 2.08 bits per heavy atom. The Labute approximate surface area is 74.7 Å². The Hall–Kier alpha value is -1.61. The van der Waals surface area contributed by atoms with E-state index in [9.17, 15) is 4.79 Å². The minimum Gasteiger partial charge on any atom is -0.390 e. The molecule has 3 heteroatoms. The lowest BCUT2D eigenvalue weighted by Gasteiger charge is -1.99. The van der Waals surface area contributed by atoms with Gasteiger partial charge in [-0.15, -0.1) is 0 Å². The Morgan fingerprint density at radius 1 is 1.31 bits per heavy atom.